The largest absolute Gasteiger partial charge is 0.481 e. The van der Waals surface area contributed by atoms with Crippen LogP contribution in [0.5, 0.6) is 0 Å². The first-order chi connectivity index (χ1) is 15.5. The Bertz CT molecular complexity index is 851. The molecule has 0 spiro atoms. The Morgan fingerprint density at radius 1 is 1.16 bits per heavy atom. The zero-order valence-electron chi connectivity index (χ0n) is 18.7. The van der Waals surface area contributed by atoms with Crippen LogP contribution >= 0.6 is 23.1 Å². The van der Waals surface area contributed by atoms with Crippen LogP contribution < -0.4 is 5.32 Å². The maximum atomic E-state index is 13.1. The molecule has 2 amide bonds. The molecule has 1 aliphatic rings. The quantitative estimate of drug-likeness (QED) is 0.301. The number of amides is 2. The van der Waals surface area contributed by atoms with E-state index in [1.54, 1.807) is 6.20 Å². The normalized spacial score (nSPS) is 18.3. The summed E-state index contributed by atoms with van der Waals surface area (Å²) in [5.74, 6) is -0.140. The summed E-state index contributed by atoms with van der Waals surface area (Å²) in [6, 6.07) is 10.7. The molecule has 3 rings (SSSR count). The van der Waals surface area contributed by atoms with Crippen molar-refractivity contribution < 1.29 is 14.7 Å². The predicted molar refractivity (Wildman–Crippen MR) is 132 cm³/mol. The van der Waals surface area contributed by atoms with Crippen LogP contribution in [0.3, 0.4) is 0 Å². The number of anilines is 1. The van der Waals surface area contributed by atoms with E-state index in [1.807, 2.05) is 11.0 Å². The third-order valence-electron chi connectivity index (χ3n) is 5.93. The van der Waals surface area contributed by atoms with Crippen LogP contribution in [0.15, 0.2) is 40.7 Å². The van der Waals surface area contributed by atoms with Gasteiger partial charge >= 0.3 is 12.0 Å². The van der Waals surface area contributed by atoms with Crippen molar-refractivity contribution in [1.82, 2.24) is 9.88 Å². The van der Waals surface area contributed by atoms with Crippen molar-refractivity contribution in [2.75, 3.05) is 17.6 Å². The minimum Gasteiger partial charge on any atom is -0.481 e. The third-order valence-corrected chi connectivity index (χ3v) is 8.02. The monoisotopic (exact) mass is 475 g/mol. The van der Waals surface area contributed by atoms with Crippen LogP contribution in [0.1, 0.15) is 57.4 Å². The van der Waals surface area contributed by atoms with Gasteiger partial charge in [-0.05, 0) is 56.4 Å². The molecule has 0 radical (unpaired) electrons. The van der Waals surface area contributed by atoms with Crippen LogP contribution in [0.2, 0.25) is 0 Å². The zero-order valence-corrected chi connectivity index (χ0v) is 20.3. The molecule has 2 N–H and O–H groups in total. The topological polar surface area (TPSA) is 82.5 Å². The number of thioether (sulfide) groups is 1. The van der Waals surface area contributed by atoms with E-state index in [1.165, 1.54) is 28.7 Å². The summed E-state index contributed by atoms with van der Waals surface area (Å²) < 4.78 is 0.793. The fourth-order valence-corrected chi connectivity index (χ4v) is 5.70. The van der Waals surface area contributed by atoms with Crippen LogP contribution in [0.4, 0.5) is 9.93 Å². The molecule has 6 nitrogen and oxygen atoms in total. The smallest absolute Gasteiger partial charge is 0.323 e. The predicted octanol–water partition coefficient (Wildman–Crippen LogP) is 6.15. The fraction of sp³-hybridized carbons (Fsp3) is 0.542. The molecule has 2 aromatic rings. The number of aliphatic carboxylic acids is 1. The number of carboxylic acids is 1. The molecule has 0 atom stereocenters. The van der Waals surface area contributed by atoms with Crippen molar-refractivity contribution in [3.63, 3.8) is 0 Å². The number of aryl methyl sites for hydroxylation is 1. The van der Waals surface area contributed by atoms with Crippen molar-refractivity contribution in [2.45, 2.75) is 68.5 Å². The second-order valence-electron chi connectivity index (χ2n) is 8.50. The van der Waals surface area contributed by atoms with E-state index in [2.05, 4.69) is 41.5 Å². The average molecular weight is 476 g/mol. The van der Waals surface area contributed by atoms with Crippen molar-refractivity contribution in [2.24, 2.45) is 5.92 Å². The first kappa shape index (κ1) is 24.6. The summed E-state index contributed by atoms with van der Waals surface area (Å²) in [5.41, 5.74) is 1.36. The lowest BCUT2D eigenvalue weighted by molar-refractivity contribution is -0.133. The molecule has 32 heavy (non-hydrogen) atoms. The molecule has 0 aliphatic heterocycles. The molecule has 0 bridgehead atoms. The lowest BCUT2D eigenvalue weighted by Gasteiger charge is -2.36. The van der Waals surface area contributed by atoms with E-state index < -0.39 is 5.97 Å². The molecule has 1 fully saturated rings. The highest BCUT2D eigenvalue weighted by molar-refractivity contribution is 8.01. The maximum Gasteiger partial charge on any atom is 0.323 e. The van der Waals surface area contributed by atoms with E-state index in [9.17, 15) is 9.59 Å². The van der Waals surface area contributed by atoms with Crippen LogP contribution in [-0.2, 0) is 11.2 Å². The molecule has 1 aromatic carbocycles. The van der Waals surface area contributed by atoms with Crippen molar-refractivity contribution in [1.29, 1.82) is 0 Å². The minimum absolute atomic E-state index is 0.00898. The van der Waals surface area contributed by atoms with E-state index in [-0.39, 0.29) is 17.8 Å². The Labute approximate surface area is 198 Å². The van der Waals surface area contributed by atoms with Crippen LogP contribution in [0, 0.1) is 5.92 Å². The molecular formula is C24H33N3O3S2. The average Bonchev–Trinajstić information content (AvgIpc) is 3.23. The second-order valence-corrected chi connectivity index (χ2v) is 10.8. The zero-order chi connectivity index (χ0) is 22.8. The summed E-state index contributed by atoms with van der Waals surface area (Å²) in [5, 5.41) is 12.3. The van der Waals surface area contributed by atoms with Crippen LogP contribution in [0.25, 0.3) is 0 Å². The first-order valence-electron chi connectivity index (χ1n) is 11.4. The highest BCUT2D eigenvalue weighted by Crippen LogP contribution is 2.30. The standard InChI is InChI=1S/C24H33N3O3S2/c1-18-11-13-20(14-12-18)27(15-7-3-6-10-19-8-4-2-5-9-19)24(30)26-23-25-16-22(32-23)31-17-21(28)29/h2,4-5,8-9,16,18,20H,3,6-7,10-15,17H2,1H3,(H,28,29)(H,25,26,30). The van der Waals surface area contributed by atoms with Gasteiger partial charge in [-0.25, -0.2) is 9.78 Å². The maximum absolute atomic E-state index is 13.1. The third kappa shape index (κ3) is 8.13. The Morgan fingerprint density at radius 3 is 2.62 bits per heavy atom. The SMILES string of the molecule is CC1CCC(N(CCCCCc2ccccc2)C(=O)Nc2ncc(SCC(=O)O)s2)CC1. The number of aromatic nitrogens is 1. The summed E-state index contributed by atoms with van der Waals surface area (Å²) in [6.07, 6.45) is 10.3. The van der Waals surface area contributed by atoms with Crippen molar-refractivity contribution in [3.8, 4) is 0 Å². The van der Waals surface area contributed by atoms with Gasteiger partial charge in [0.25, 0.3) is 0 Å². The summed E-state index contributed by atoms with van der Waals surface area (Å²) in [7, 11) is 0. The number of nitrogens with one attached hydrogen (secondary N) is 1. The number of carboxylic acid groups (broad SMARTS) is 1. The van der Waals surface area contributed by atoms with Crippen LogP contribution in [-0.4, -0.2) is 45.3 Å². The van der Waals surface area contributed by atoms with Gasteiger partial charge in [-0.2, -0.15) is 0 Å². The van der Waals surface area contributed by atoms with Gasteiger partial charge in [0.1, 0.15) is 0 Å². The van der Waals surface area contributed by atoms with E-state index in [4.69, 9.17) is 5.11 Å². The number of hydrogen-bond donors (Lipinski definition) is 2. The number of benzene rings is 1. The van der Waals surface area contributed by atoms with Crippen molar-refractivity contribution >= 4 is 40.2 Å². The van der Waals surface area contributed by atoms with Gasteiger partial charge in [0.2, 0.25) is 0 Å². The van der Waals surface area contributed by atoms with E-state index in [0.717, 1.165) is 68.0 Å². The highest BCUT2D eigenvalue weighted by Gasteiger charge is 2.27. The van der Waals surface area contributed by atoms with Crippen molar-refractivity contribution in [3.05, 3.63) is 42.1 Å². The van der Waals surface area contributed by atoms with E-state index >= 15 is 0 Å². The van der Waals surface area contributed by atoms with E-state index in [0.29, 0.717) is 5.13 Å². The number of thiazole rings is 1. The molecule has 1 aromatic heterocycles. The number of carbonyl (C=O) groups excluding carboxylic acids is 1. The molecule has 0 saturated heterocycles. The Balaban J connectivity index is 1.52. The Hall–Kier alpha value is -2.06. The summed E-state index contributed by atoms with van der Waals surface area (Å²) >= 11 is 2.55. The summed E-state index contributed by atoms with van der Waals surface area (Å²) in [4.78, 5) is 30.2. The Morgan fingerprint density at radius 2 is 1.91 bits per heavy atom. The molecule has 0 unspecified atom stereocenters. The molecule has 8 heteroatoms. The van der Waals surface area contributed by atoms with Gasteiger partial charge in [-0.3, -0.25) is 10.1 Å². The molecule has 1 saturated carbocycles. The summed E-state index contributed by atoms with van der Waals surface area (Å²) in [6.45, 7) is 3.04. The number of rotatable bonds is 11. The molecule has 174 valence electrons. The number of hydrogen-bond acceptors (Lipinski definition) is 5. The van der Waals surface area contributed by atoms with Gasteiger partial charge < -0.3 is 10.0 Å². The van der Waals surface area contributed by atoms with Gasteiger partial charge in [-0.1, -0.05) is 55.0 Å². The lowest BCUT2D eigenvalue weighted by atomic mass is 9.86. The number of unbranched alkanes of at least 4 members (excludes halogenated alkanes) is 2. The number of carbonyl (C=O) groups is 2. The first-order valence-corrected chi connectivity index (χ1v) is 13.2. The highest BCUT2D eigenvalue weighted by atomic mass is 32.2. The lowest BCUT2D eigenvalue weighted by Crippen LogP contribution is -2.45. The van der Waals surface area contributed by atoms with Gasteiger partial charge in [0.05, 0.1) is 16.2 Å². The molecule has 1 heterocycles. The molecule has 1 aliphatic carbocycles. The van der Waals surface area contributed by atoms with Gasteiger partial charge in [0.15, 0.2) is 5.13 Å². The van der Waals surface area contributed by atoms with Gasteiger partial charge in [-0.15, -0.1) is 11.8 Å². The fourth-order valence-electron chi connectivity index (χ4n) is 4.12. The minimum atomic E-state index is -0.862. The second kappa shape index (κ2) is 12.8. The molecular weight excluding hydrogens is 442 g/mol. The number of nitrogens with zero attached hydrogens (tertiary/aromatic N) is 2. The Kier molecular flexibility index (Phi) is 9.87. The van der Waals surface area contributed by atoms with Gasteiger partial charge in [0, 0.05) is 12.6 Å². The number of urea groups is 1.